The number of nitrogens with zero attached hydrogens (tertiary/aromatic N) is 1. The summed E-state index contributed by atoms with van der Waals surface area (Å²) in [6, 6.07) is 8.61. The fourth-order valence-corrected chi connectivity index (χ4v) is 2.81. The summed E-state index contributed by atoms with van der Waals surface area (Å²) in [5, 5.41) is 28.7. The number of carboxylic acids is 1. The largest absolute Gasteiger partial charge is 0.480 e. The van der Waals surface area contributed by atoms with Gasteiger partial charge in [0, 0.05) is 0 Å². The van der Waals surface area contributed by atoms with Gasteiger partial charge in [0.05, 0.1) is 6.04 Å². The fraction of sp³-hybridized carbons (Fsp3) is 0.562. The number of aliphatic hydroxyl groups excluding tert-OH is 2. The van der Waals surface area contributed by atoms with Crippen LogP contribution in [0.1, 0.15) is 31.7 Å². The summed E-state index contributed by atoms with van der Waals surface area (Å²) in [5.41, 5.74) is 1.22. The highest BCUT2D eigenvalue weighted by Gasteiger charge is 2.44. The van der Waals surface area contributed by atoms with Crippen LogP contribution in [-0.4, -0.2) is 51.0 Å². The molecule has 4 atom stereocenters. The van der Waals surface area contributed by atoms with Crippen LogP contribution in [0.2, 0.25) is 0 Å². The van der Waals surface area contributed by atoms with Crippen molar-refractivity contribution in [2.24, 2.45) is 0 Å². The van der Waals surface area contributed by atoms with Gasteiger partial charge in [0.1, 0.15) is 6.04 Å². The lowest BCUT2D eigenvalue weighted by Gasteiger charge is -2.29. The summed E-state index contributed by atoms with van der Waals surface area (Å²) in [4.78, 5) is 12.8. The molecular formula is C16H23NO5. The van der Waals surface area contributed by atoms with E-state index in [0.29, 0.717) is 6.42 Å². The van der Waals surface area contributed by atoms with Crippen molar-refractivity contribution < 1.29 is 24.9 Å². The Morgan fingerprint density at radius 1 is 1.27 bits per heavy atom. The predicted molar refractivity (Wildman–Crippen MR) is 79.8 cm³/mol. The highest BCUT2D eigenvalue weighted by atomic mass is 16.7. The van der Waals surface area contributed by atoms with Crippen LogP contribution >= 0.6 is 0 Å². The highest BCUT2D eigenvalue weighted by molar-refractivity contribution is 5.73. The average Bonchev–Trinajstić information content (AvgIpc) is 2.74. The molecule has 0 amide bonds. The molecule has 6 nitrogen and oxygen atoms in total. The second kappa shape index (κ2) is 7.69. The zero-order chi connectivity index (χ0) is 16.1. The minimum Gasteiger partial charge on any atom is -0.480 e. The Hall–Kier alpha value is -1.47. The summed E-state index contributed by atoms with van der Waals surface area (Å²) >= 11 is 0. The minimum absolute atomic E-state index is 0.402. The van der Waals surface area contributed by atoms with Crippen molar-refractivity contribution in [3.05, 3.63) is 35.9 Å². The van der Waals surface area contributed by atoms with Gasteiger partial charge >= 0.3 is 5.97 Å². The summed E-state index contributed by atoms with van der Waals surface area (Å²) in [6.07, 6.45) is 0.346. The Morgan fingerprint density at radius 2 is 1.95 bits per heavy atom. The zero-order valence-corrected chi connectivity index (χ0v) is 12.6. The van der Waals surface area contributed by atoms with Gasteiger partial charge in [0.15, 0.2) is 6.29 Å². The van der Waals surface area contributed by atoms with Crippen LogP contribution in [-0.2, 0) is 16.0 Å². The smallest absolute Gasteiger partial charge is 0.321 e. The van der Waals surface area contributed by atoms with E-state index in [-0.39, 0.29) is 0 Å². The first kappa shape index (κ1) is 16.9. The van der Waals surface area contributed by atoms with E-state index in [4.69, 9.17) is 4.74 Å². The zero-order valence-electron chi connectivity index (χ0n) is 12.6. The number of benzene rings is 1. The number of aliphatic hydroxyl groups is 2. The first-order valence-corrected chi connectivity index (χ1v) is 7.56. The van der Waals surface area contributed by atoms with Crippen LogP contribution in [0.25, 0.3) is 0 Å². The minimum atomic E-state index is -1.37. The van der Waals surface area contributed by atoms with E-state index < -0.39 is 30.8 Å². The fourth-order valence-electron chi connectivity index (χ4n) is 2.81. The molecule has 1 aromatic carbocycles. The first-order chi connectivity index (χ1) is 10.5. The summed E-state index contributed by atoms with van der Waals surface area (Å²) in [7, 11) is 0. The molecule has 0 spiro atoms. The summed E-state index contributed by atoms with van der Waals surface area (Å²) in [5.74, 6) is -1.01. The van der Waals surface area contributed by atoms with Crippen molar-refractivity contribution >= 4 is 5.97 Å². The number of hydrogen-bond acceptors (Lipinski definition) is 5. The molecule has 0 bridgehead atoms. The molecule has 1 aliphatic rings. The van der Waals surface area contributed by atoms with Gasteiger partial charge in [-0.2, -0.15) is 0 Å². The molecule has 1 aliphatic heterocycles. The molecule has 122 valence electrons. The molecule has 4 unspecified atom stereocenters. The van der Waals surface area contributed by atoms with E-state index in [0.717, 1.165) is 19.3 Å². The number of hydrogen-bond donors (Lipinski definition) is 3. The van der Waals surface area contributed by atoms with E-state index in [2.05, 4.69) is 0 Å². The molecule has 1 aromatic rings. The van der Waals surface area contributed by atoms with E-state index >= 15 is 0 Å². The second-order valence-electron chi connectivity index (χ2n) is 5.63. The molecule has 1 saturated heterocycles. The van der Waals surface area contributed by atoms with E-state index in [9.17, 15) is 20.1 Å². The topological polar surface area (TPSA) is 90.2 Å². The summed E-state index contributed by atoms with van der Waals surface area (Å²) in [6.45, 7) is 1.64. The molecule has 6 heteroatoms. The van der Waals surface area contributed by atoms with Gasteiger partial charge in [-0.1, -0.05) is 36.8 Å². The third kappa shape index (κ3) is 4.04. The van der Waals surface area contributed by atoms with Crippen LogP contribution in [0.3, 0.4) is 0 Å². The average molecular weight is 309 g/mol. The van der Waals surface area contributed by atoms with E-state index in [1.54, 1.807) is 6.92 Å². The van der Waals surface area contributed by atoms with E-state index in [1.807, 2.05) is 30.3 Å². The molecule has 1 fully saturated rings. The van der Waals surface area contributed by atoms with Crippen LogP contribution in [0.15, 0.2) is 30.3 Å². The number of carboxylic acid groups (broad SMARTS) is 1. The molecule has 0 radical (unpaired) electrons. The van der Waals surface area contributed by atoms with Crippen molar-refractivity contribution in [2.45, 2.75) is 57.4 Å². The standard InChI is InChI=1S/C16H23NO5/c1-11-15(20)22-16(21)17(11)13(14(18)19)10-6-5-9-12-7-3-2-4-8-12/h2-4,7-8,11,13,15-16,20-21H,5-6,9-10H2,1H3,(H,18,19). The van der Waals surface area contributed by atoms with Crippen molar-refractivity contribution in [3.63, 3.8) is 0 Å². The number of aliphatic carboxylic acids is 1. The Labute approximate surface area is 129 Å². The van der Waals surface area contributed by atoms with E-state index in [1.165, 1.54) is 10.5 Å². The highest BCUT2D eigenvalue weighted by Crippen LogP contribution is 2.25. The van der Waals surface area contributed by atoms with Gasteiger partial charge in [-0.3, -0.25) is 4.79 Å². The van der Waals surface area contributed by atoms with Crippen LogP contribution < -0.4 is 0 Å². The Kier molecular flexibility index (Phi) is 5.90. The number of rotatable bonds is 7. The second-order valence-corrected chi connectivity index (χ2v) is 5.63. The van der Waals surface area contributed by atoms with Crippen LogP contribution in [0.5, 0.6) is 0 Å². The van der Waals surface area contributed by atoms with Gasteiger partial charge in [0.2, 0.25) is 6.41 Å². The van der Waals surface area contributed by atoms with Crippen LogP contribution in [0, 0.1) is 0 Å². The maximum Gasteiger partial charge on any atom is 0.321 e. The molecule has 2 rings (SSSR count). The Morgan fingerprint density at radius 3 is 2.50 bits per heavy atom. The van der Waals surface area contributed by atoms with Crippen LogP contribution in [0.4, 0.5) is 0 Å². The normalized spacial score (nSPS) is 27.0. The maximum atomic E-state index is 11.5. The maximum absolute atomic E-state index is 11.5. The lowest BCUT2D eigenvalue weighted by molar-refractivity contribution is -0.199. The quantitative estimate of drug-likeness (QED) is 0.655. The van der Waals surface area contributed by atoms with Gasteiger partial charge in [0.25, 0.3) is 0 Å². The molecule has 0 saturated carbocycles. The number of aryl methyl sites for hydroxylation is 1. The molecule has 22 heavy (non-hydrogen) atoms. The molecule has 0 aliphatic carbocycles. The molecular weight excluding hydrogens is 286 g/mol. The third-order valence-corrected chi connectivity index (χ3v) is 4.08. The van der Waals surface area contributed by atoms with Crippen molar-refractivity contribution in [3.8, 4) is 0 Å². The lowest BCUT2D eigenvalue weighted by atomic mass is 10.0. The first-order valence-electron chi connectivity index (χ1n) is 7.56. The molecule has 0 aromatic heterocycles. The SMILES string of the molecule is CC1C(O)OC(O)N1C(CCCCc1ccccc1)C(=O)O. The third-order valence-electron chi connectivity index (χ3n) is 4.08. The number of ether oxygens (including phenoxy) is 1. The van der Waals surface area contributed by atoms with Crippen molar-refractivity contribution in [2.75, 3.05) is 0 Å². The van der Waals surface area contributed by atoms with Crippen molar-refractivity contribution in [1.82, 2.24) is 4.90 Å². The van der Waals surface area contributed by atoms with Gasteiger partial charge < -0.3 is 20.1 Å². The number of unbranched alkanes of at least 4 members (excludes halogenated alkanes) is 1. The number of carbonyl (C=O) groups is 1. The van der Waals surface area contributed by atoms with Gasteiger partial charge in [-0.05, 0) is 31.7 Å². The van der Waals surface area contributed by atoms with Gasteiger partial charge in [-0.25, -0.2) is 4.90 Å². The van der Waals surface area contributed by atoms with Crippen molar-refractivity contribution in [1.29, 1.82) is 0 Å². The monoisotopic (exact) mass is 309 g/mol. The van der Waals surface area contributed by atoms with Gasteiger partial charge in [-0.15, -0.1) is 0 Å². The Balaban J connectivity index is 1.86. The predicted octanol–water partition coefficient (Wildman–Crippen LogP) is 1.17. The molecule has 1 heterocycles. The Bertz CT molecular complexity index is 481. The molecule has 3 N–H and O–H groups in total. The summed E-state index contributed by atoms with van der Waals surface area (Å²) < 4.78 is 4.87. The lowest BCUT2D eigenvalue weighted by Crippen LogP contribution is -2.48.